The van der Waals surface area contributed by atoms with Crippen molar-refractivity contribution < 1.29 is 9.53 Å². The van der Waals surface area contributed by atoms with E-state index in [-0.39, 0.29) is 5.91 Å². The summed E-state index contributed by atoms with van der Waals surface area (Å²) in [6.45, 7) is 2.96. The van der Waals surface area contributed by atoms with Crippen LogP contribution in [0.1, 0.15) is 11.1 Å². The Kier molecular flexibility index (Phi) is 5.38. The number of carbonyl (C=O) groups excluding carboxylic acids is 1. The summed E-state index contributed by atoms with van der Waals surface area (Å²) in [5, 5.41) is 6.75. The predicted molar refractivity (Wildman–Crippen MR) is 83.0 cm³/mol. The average Bonchev–Trinajstić information content (AvgIpc) is 2.95. The maximum Gasteiger partial charge on any atom is 0.244 e. The van der Waals surface area contributed by atoms with Crippen LogP contribution in [0.25, 0.3) is 6.08 Å². The lowest BCUT2D eigenvalue weighted by molar-refractivity contribution is -0.116. The fraction of sp³-hybridized carbons (Fsp3) is 0.188. The highest BCUT2D eigenvalue weighted by Crippen LogP contribution is 2.11. The molecule has 2 rings (SSSR count). The molecule has 104 valence electrons. The number of aryl methyl sites for hydroxylation is 1. The Morgan fingerprint density at radius 3 is 3.05 bits per heavy atom. The van der Waals surface area contributed by atoms with Gasteiger partial charge in [-0.1, -0.05) is 12.1 Å². The van der Waals surface area contributed by atoms with Crippen molar-refractivity contribution in [2.24, 2.45) is 0 Å². The van der Waals surface area contributed by atoms with Gasteiger partial charge in [-0.25, -0.2) is 0 Å². The Hall–Kier alpha value is -2.07. The van der Waals surface area contributed by atoms with Crippen molar-refractivity contribution in [3.05, 3.63) is 58.3 Å². The summed E-state index contributed by atoms with van der Waals surface area (Å²) in [6, 6.07) is 9.82. The van der Waals surface area contributed by atoms with Gasteiger partial charge in [0.25, 0.3) is 0 Å². The molecule has 0 saturated heterocycles. The summed E-state index contributed by atoms with van der Waals surface area (Å²) < 4.78 is 5.55. The van der Waals surface area contributed by atoms with Gasteiger partial charge in [-0.3, -0.25) is 4.79 Å². The van der Waals surface area contributed by atoms with Crippen LogP contribution < -0.4 is 10.1 Å². The Morgan fingerprint density at radius 2 is 2.30 bits per heavy atom. The zero-order valence-electron chi connectivity index (χ0n) is 11.3. The summed E-state index contributed by atoms with van der Waals surface area (Å²) in [7, 11) is 0. The van der Waals surface area contributed by atoms with Crippen LogP contribution >= 0.6 is 11.3 Å². The Labute approximate surface area is 122 Å². The maximum atomic E-state index is 11.6. The molecule has 0 radical (unpaired) electrons. The van der Waals surface area contributed by atoms with Gasteiger partial charge in [0.05, 0.1) is 6.54 Å². The van der Waals surface area contributed by atoms with Crippen molar-refractivity contribution in [3.63, 3.8) is 0 Å². The van der Waals surface area contributed by atoms with E-state index >= 15 is 0 Å². The molecule has 1 amide bonds. The molecule has 1 aromatic heterocycles. The van der Waals surface area contributed by atoms with Gasteiger partial charge < -0.3 is 10.1 Å². The molecule has 0 aliphatic carbocycles. The number of nitrogens with one attached hydrogen (secondary N) is 1. The highest BCUT2D eigenvalue weighted by Gasteiger charge is 1.97. The third-order valence-electron chi connectivity index (χ3n) is 2.63. The molecule has 4 heteroatoms. The number of ether oxygens (including phenoxy) is 1. The van der Waals surface area contributed by atoms with Crippen molar-refractivity contribution in [1.82, 2.24) is 5.32 Å². The highest BCUT2D eigenvalue weighted by molar-refractivity contribution is 7.08. The second kappa shape index (κ2) is 7.50. The van der Waals surface area contributed by atoms with Crippen molar-refractivity contribution in [3.8, 4) is 5.75 Å². The smallest absolute Gasteiger partial charge is 0.244 e. The molecular formula is C16H17NO2S. The molecular weight excluding hydrogens is 270 g/mol. The zero-order chi connectivity index (χ0) is 14.2. The molecule has 0 fully saturated rings. The molecule has 2 aromatic rings. The largest absolute Gasteiger partial charge is 0.492 e. The van der Waals surface area contributed by atoms with Gasteiger partial charge in [-0.2, -0.15) is 11.3 Å². The third kappa shape index (κ3) is 4.90. The molecule has 0 spiro atoms. The number of carbonyl (C=O) groups is 1. The zero-order valence-corrected chi connectivity index (χ0v) is 12.2. The van der Waals surface area contributed by atoms with Gasteiger partial charge in [0.15, 0.2) is 0 Å². The van der Waals surface area contributed by atoms with E-state index in [2.05, 4.69) is 5.32 Å². The molecule has 1 aromatic carbocycles. The number of benzene rings is 1. The minimum absolute atomic E-state index is 0.107. The molecule has 0 bridgehead atoms. The SMILES string of the molecule is Cc1cccc(OCCNC(=O)/C=C/c2ccsc2)c1. The van der Waals surface area contributed by atoms with Crippen LogP contribution in [0.4, 0.5) is 0 Å². The van der Waals surface area contributed by atoms with Gasteiger partial charge in [-0.05, 0) is 53.1 Å². The minimum atomic E-state index is -0.107. The number of hydrogen-bond donors (Lipinski definition) is 1. The van der Waals surface area contributed by atoms with E-state index in [9.17, 15) is 4.79 Å². The van der Waals surface area contributed by atoms with E-state index in [1.807, 2.05) is 48.0 Å². The monoisotopic (exact) mass is 287 g/mol. The molecule has 1 heterocycles. The topological polar surface area (TPSA) is 38.3 Å². The molecule has 1 N–H and O–H groups in total. The van der Waals surface area contributed by atoms with Crippen molar-refractivity contribution in [2.75, 3.05) is 13.2 Å². The number of amides is 1. The number of thiophene rings is 1. The lowest BCUT2D eigenvalue weighted by Gasteiger charge is -2.07. The van der Waals surface area contributed by atoms with Crippen molar-refractivity contribution in [1.29, 1.82) is 0 Å². The highest BCUT2D eigenvalue weighted by atomic mass is 32.1. The summed E-state index contributed by atoms with van der Waals surface area (Å²) in [5.41, 5.74) is 2.20. The lowest BCUT2D eigenvalue weighted by atomic mass is 10.2. The standard InChI is InChI=1S/C16H17NO2S/c1-13-3-2-4-15(11-13)19-9-8-17-16(18)6-5-14-7-10-20-12-14/h2-7,10-12H,8-9H2,1H3,(H,17,18)/b6-5+. The number of hydrogen-bond acceptors (Lipinski definition) is 3. The van der Waals surface area contributed by atoms with E-state index < -0.39 is 0 Å². The Morgan fingerprint density at radius 1 is 1.40 bits per heavy atom. The van der Waals surface area contributed by atoms with E-state index in [0.29, 0.717) is 13.2 Å². The fourth-order valence-electron chi connectivity index (χ4n) is 1.65. The van der Waals surface area contributed by atoms with Crippen LogP contribution in [0.2, 0.25) is 0 Å². The predicted octanol–water partition coefficient (Wildman–Crippen LogP) is 3.26. The molecule has 0 aliphatic rings. The second-order valence-corrected chi connectivity index (χ2v) is 5.13. The van der Waals surface area contributed by atoms with Crippen LogP contribution in [-0.4, -0.2) is 19.1 Å². The van der Waals surface area contributed by atoms with Gasteiger partial charge in [0.1, 0.15) is 12.4 Å². The second-order valence-electron chi connectivity index (χ2n) is 4.35. The first-order chi connectivity index (χ1) is 9.74. The van der Waals surface area contributed by atoms with Crippen LogP contribution in [-0.2, 0) is 4.79 Å². The first-order valence-electron chi connectivity index (χ1n) is 6.41. The van der Waals surface area contributed by atoms with Crippen molar-refractivity contribution in [2.45, 2.75) is 6.92 Å². The first-order valence-corrected chi connectivity index (χ1v) is 7.36. The van der Waals surface area contributed by atoms with Crippen molar-refractivity contribution >= 4 is 23.3 Å². The molecule has 3 nitrogen and oxygen atoms in total. The van der Waals surface area contributed by atoms with Gasteiger partial charge in [0.2, 0.25) is 5.91 Å². The molecule has 0 atom stereocenters. The quantitative estimate of drug-likeness (QED) is 0.654. The summed E-state index contributed by atoms with van der Waals surface area (Å²) in [5.74, 6) is 0.720. The third-order valence-corrected chi connectivity index (χ3v) is 3.33. The number of rotatable bonds is 6. The van der Waals surface area contributed by atoms with E-state index in [0.717, 1.165) is 16.9 Å². The average molecular weight is 287 g/mol. The van der Waals surface area contributed by atoms with Gasteiger partial charge in [-0.15, -0.1) is 0 Å². The Balaban J connectivity index is 1.67. The summed E-state index contributed by atoms with van der Waals surface area (Å²) >= 11 is 1.61. The maximum absolute atomic E-state index is 11.6. The van der Waals surface area contributed by atoms with E-state index in [1.54, 1.807) is 17.4 Å². The molecule has 20 heavy (non-hydrogen) atoms. The molecule has 0 aliphatic heterocycles. The van der Waals surface area contributed by atoms with Crippen LogP contribution in [0, 0.1) is 6.92 Å². The fourth-order valence-corrected chi connectivity index (χ4v) is 2.28. The molecule has 0 saturated carbocycles. The molecule has 0 unspecified atom stereocenters. The normalized spacial score (nSPS) is 10.7. The lowest BCUT2D eigenvalue weighted by Crippen LogP contribution is -2.26. The summed E-state index contributed by atoms with van der Waals surface area (Å²) in [4.78, 5) is 11.6. The van der Waals surface area contributed by atoms with E-state index in [4.69, 9.17) is 4.74 Å². The van der Waals surface area contributed by atoms with Crippen LogP contribution in [0.15, 0.2) is 47.2 Å². The summed E-state index contributed by atoms with van der Waals surface area (Å²) in [6.07, 6.45) is 3.34. The van der Waals surface area contributed by atoms with Gasteiger partial charge >= 0.3 is 0 Å². The van der Waals surface area contributed by atoms with Crippen LogP contribution in [0.3, 0.4) is 0 Å². The van der Waals surface area contributed by atoms with E-state index in [1.165, 1.54) is 6.08 Å². The Bertz CT molecular complexity index is 576. The first kappa shape index (κ1) is 14.3. The van der Waals surface area contributed by atoms with Gasteiger partial charge in [0, 0.05) is 6.08 Å². The minimum Gasteiger partial charge on any atom is -0.492 e. The van der Waals surface area contributed by atoms with Crippen LogP contribution in [0.5, 0.6) is 5.75 Å².